The number of aliphatic hydroxyl groups is 2. The molecule has 0 saturated carbocycles. The summed E-state index contributed by atoms with van der Waals surface area (Å²) in [4.78, 5) is 63.8. The number of hydrogen-bond acceptors (Lipinski definition) is 11. The van der Waals surface area contributed by atoms with Crippen molar-refractivity contribution >= 4 is 48.4 Å². The molecular weight excluding hydrogens is 716 g/mol. The fourth-order valence-corrected chi connectivity index (χ4v) is 3.32. The van der Waals surface area contributed by atoms with Crippen LogP contribution in [0.15, 0.2) is 53.4 Å². The third-order valence-corrected chi connectivity index (χ3v) is 6.27. The van der Waals surface area contributed by atoms with E-state index >= 15 is 0 Å². The lowest BCUT2D eigenvalue weighted by Gasteiger charge is -2.11. The third-order valence-electron chi connectivity index (χ3n) is 5.97. The SMILES string of the molecule is CC(CC(=O)O)C(=O)O.CC(CC(=O)O)CC(=O)O.CN(CC(=O)O)CC(=O)O.CN(CCO)CCO.Cc1ccc(C)cc1.Cc1ccc(S)cc1. The molecule has 2 aromatic rings. The maximum Gasteiger partial charge on any atom is 0.317 e. The Morgan fingerprint density at radius 3 is 1.06 bits per heavy atom. The summed E-state index contributed by atoms with van der Waals surface area (Å²) in [5.41, 5.74) is 3.94. The smallest absolute Gasteiger partial charge is 0.317 e. The first-order valence-electron chi connectivity index (χ1n) is 16.2. The zero-order valence-electron chi connectivity index (χ0n) is 31.5. The maximum atomic E-state index is 10.00. The molecule has 1 unspecified atom stereocenters. The summed E-state index contributed by atoms with van der Waals surface area (Å²) >= 11 is 4.13. The average molecular weight is 775 g/mol. The fraction of sp³-hybridized carbons (Fsp3) is 0.500. The average Bonchev–Trinajstić information content (AvgIpc) is 3.00. The second-order valence-electron chi connectivity index (χ2n) is 11.8. The molecule has 0 aliphatic rings. The van der Waals surface area contributed by atoms with Crippen LogP contribution in [0.2, 0.25) is 0 Å². The van der Waals surface area contributed by atoms with Crippen LogP contribution in [0.1, 0.15) is 49.8 Å². The van der Waals surface area contributed by atoms with Gasteiger partial charge in [-0.05, 0) is 52.9 Å². The number of hydrogen-bond donors (Lipinski definition) is 9. The molecule has 0 saturated heterocycles. The van der Waals surface area contributed by atoms with Crippen LogP contribution in [-0.2, 0) is 28.8 Å². The molecule has 2 aromatic carbocycles. The van der Waals surface area contributed by atoms with E-state index in [0.29, 0.717) is 13.1 Å². The van der Waals surface area contributed by atoms with Crippen LogP contribution in [0.25, 0.3) is 0 Å². The predicted molar refractivity (Wildman–Crippen MR) is 202 cm³/mol. The summed E-state index contributed by atoms with van der Waals surface area (Å²) in [5.74, 6) is -7.17. The van der Waals surface area contributed by atoms with Crippen LogP contribution < -0.4 is 0 Å². The molecule has 0 aliphatic heterocycles. The zero-order chi connectivity index (χ0) is 42.1. The van der Waals surface area contributed by atoms with Crippen molar-refractivity contribution in [2.75, 3.05) is 53.5 Å². The standard InChI is InChI=1S/C8H10.C7H8S.C6H10O4.C5H9NO4.C5H13NO2.C5H8O4/c1-7-3-5-8(2)6-4-7;1-6-2-4-7(8)5-3-6;1-4(2-5(7)8)3-6(9)10;1-6(2-4(7)8)3-5(9)10;1-6(2-4-7)3-5-8;1-3(5(8)9)2-4(6)7/h3-6H,1-2H3;2-5,8H,1H3;4H,2-3H2,1H3,(H,7,8)(H,9,10);2-3H2,1H3,(H,7,8)(H,9,10);7-8H,2-5H2,1H3;3H,2H2,1H3,(H,6,7)(H,8,9). The number of carboxylic acids is 6. The number of likely N-dealkylation sites (N-methyl/N-ethyl adjacent to an activating group) is 2. The Labute approximate surface area is 316 Å². The van der Waals surface area contributed by atoms with E-state index in [-0.39, 0.29) is 51.5 Å². The number of aliphatic carboxylic acids is 6. The van der Waals surface area contributed by atoms with Crippen molar-refractivity contribution in [3.63, 3.8) is 0 Å². The third kappa shape index (κ3) is 47.5. The van der Waals surface area contributed by atoms with Crippen LogP contribution in [0.5, 0.6) is 0 Å². The van der Waals surface area contributed by atoms with E-state index in [1.54, 1.807) is 6.92 Å². The highest BCUT2D eigenvalue weighted by Gasteiger charge is 2.14. The van der Waals surface area contributed by atoms with Crippen LogP contribution in [0, 0.1) is 32.6 Å². The molecule has 0 aliphatic carbocycles. The van der Waals surface area contributed by atoms with Crippen molar-refractivity contribution in [2.24, 2.45) is 11.8 Å². The molecule has 53 heavy (non-hydrogen) atoms. The van der Waals surface area contributed by atoms with Crippen molar-refractivity contribution < 1.29 is 69.6 Å². The van der Waals surface area contributed by atoms with E-state index in [9.17, 15) is 28.8 Å². The molecule has 0 radical (unpaired) electrons. The normalized spacial score (nSPS) is 10.2. The first kappa shape index (κ1) is 55.2. The van der Waals surface area contributed by atoms with E-state index in [2.05, 4.69) is 57.7 Å². The van der Waals surface area contributed by atoms with Gasteiger partial charge in [0.2, 0.25) is 0 Å². The van der Waals surface area contributed by atoms with Gasteiger partial charge in [0.05, 0.1) is 38.6 Å². The number of aryl methyl sites for hydroxylation is 3. The Hall–Kier alpha value is -4.55. The Morgan fingerprint density at radius 2 is 0.849 bits per heavy atom. The number of benzene rings is 2. The summed E-state index contributed by atoms with van der Waals surface area (Å²) < 4.78 is 0. The van der Waals surface area contributed by atoms with Gasteiger partial charge in [-0.3, -0.25) is 33.7 Å². The Balaban J connectivity index is -0.000000272. The van der Waals surface area contributed by atoms with Gasteiger partial charge in [-0.2, -0.15) is 0 Å². The molecule has 2 rings (SSSR count). The van der Waals surface area contributed by atoms with Gasteiger partial charge in [-0.15, -0.1) is 12.6 Å². The molecule has 0 heterocycles. The van der Waals surface area contributed by atoms with E-state index < -0.39 is 41.7 Å². The molecule has 0 fully saturated rings. The molecule has 8 N–H and O–H groups in total. The molecule has 0 amide bonds. The summed E-state index contributed by atoms with van der Waals surface area (Å²) in [5, 5.41) is 65.6. The monoisotopic (exact) mass is 774 g/mol. The van der Waals surface area contributed by atoms with Crippen LogP contribution in [0.4, 0.5) is 0 Å². The maximum absolute atomic E-state index is 10.00. The van der Waals surface area contributed by atoms with Gasteiger partial charge in [0.25, 0.3) is 0 Å². The van der Waals surface area contributed by atoms with Gasteiger partial charge in [0.1, 0.15) is 0 Å². The molecule has 0 bridgehead atoms. The minimum absolute atomic E-state index is 0.0771. The van der Waals surface area contributed by atoms with Gasteiger partial charge in [0.15, 0.2) is 0 Å². The Kier molecular flexibility index (Phi) is 36.0. The number of rotatable bonds is 15. The summed E-state index contributed by atoms with van der Waals surface area (Å²) in [6, 6.07) is 16.5. The second-order valence-corrected chi connectivity index (χ2v) is 12.4. The minimum atomic E-state index is -1.08. The molecular formula is C36H58N2O14S. The summed E-state index contributed by atoms with van der Waals surface area (Å²) in [7, 11) is 3.29. The van der Waals surface area contributed by atoms with Gasteiger partial charge in [-0.25, -0.2) is 0 Å². The van der Waals surface area contributed by atoms with E-state index in [1.807, 2.05) is 36.2 Å². The Bertz CT molecular complexity index is 1150. The van der Waals surface area contributed by atoms with Crippen molar-refractivity contribution in [3.8, 4) is 0 Å². The van der Waals surface area contributed by atoms with Crippen LogP contribution in [0.3, 0.4) is 0 Å². The number of thiol groups is 1. The summed E-state index contributed by atoms with van der Waals surface area (Å²) in [6.07, 6.45) is -0.464. The lowest BCUT2D eigenvalue weighted by atomic mass is 10.1. The fourth-order valence-electron chi connectivity index (χ4n) is 3.17. The van der Waals surface area contributed by atoms with E-state index in [4.69, 9.17) is 40.9 Å². The first-order valence-corrected chi connectivity index (χ1v) is 16.6. The molecule has 302 valence electrons. The molecule has 17 heteroatoms. The highest BCUT2D eigenvalue weighted by Crippen LogP contribution is 2.06. The minimum Gasteiger partial charge on any atom is -0.481 e. The quantitative estimate of drug-likeness (QED) is 0.117. The lowest BCUT2D eigenvalue weighted by molar-refractivity contribution is -0.147. The van der Waals surface area contributed by atoms with Crippen LogP contribution in [-0.4, -0.2) is 140 Å². The van der Waals surface area contributed by atoms with Crippen LogP contribution >= 0.6 is 12.6 Å². The Morgan fingerprint density at radius 1 is 0.547 bits per heavy atom. The topological polar surface area (TPSA) is 271 Å². The molecule has 0 aromatic heterocycles. The lowest BCUT2D eigenvalue weighted by Crippen LogP contribution is -2.30. The van der Waals surface area contributed by atoms with Gasteiger partial charge >= 0.3 is 35.8 Å². The highest BCUT2D eigenvalue weighted by molar-refractivity contribution is 7.80. The number of nitrogens with zero attached hydrogens (tertiary/aromatic N) is 2. The highest BCUT2D eigenvalue weighted by atomic mass is 32.1. The molecule has 16 nitrogen and oxygen atoms in total. The van der Waals surface area contributed by atoms with Crippen molar-refractivity contribution in [1.29, 1.82) is 0 Å². The predicted octanol–water partition coefficient (Wildman–Crippen LogP) is 3.33. The number of aliphatic hydroxyl groups excluding tert-OH is 2. The first-order chi connectivity index (χ1) is 24.5. The van der Waals surface area contributed by atoms with E-state index in [0.717, 1.165) is 4.90 Å². The van der Waals surface area contributed by atoms with Gasteiger partial charge in [0, 0.05) is 30.8 Å². The number of carbonyl (C=O) groups is 6. The largest absolute Gasteiger partial charge is 0.481 e. The van der Waals surface area contributed by atoms with Gasteiger partial charge < -0.3 is 45.8 Å². The summed E-state index contributed by atoms with van der Waals surface area (Å²) in [6.45, 7) is 10.3. The molecule has 0 spiro atoms. The number of carboxylic acid groups (broad SMARTS) is 6. The second kappa shape index (κ2) is 34.5. The van der Waals surface area contributed by atoms with Crippen molar-refractivity contribution in [2.45, 2.75) is 58.8 Å². The van der Waals surface area contributed by atoms with Crippen molar-refractivity contribution in [1.82, 2.24) is 9.80 Å². The zero-order valence-corrected chi connectivity index (χ0v) is 32.4. The van der Waals surface area contributed by atoms with Gasteiger partial charge in [-0.1, -0.05) is 66.9 Å². The van der Waals surface area contributed by atoms with E-state index in [1.165, 1.54) is 35.6 Å². The van der Waals surface area contributed by atoms with Crippen molar-refractivity contribution in [3.05, 3.63) is 65.2 Å². The molecule has 1 atom stereocenters.